The average molecular weight is 360 g/mol. The third-order valence-electron chi connectivity index (χ3n) is 4.44. The first-order valence-corrected chi connectivity index (χ1v) is 8.80. The minimum atomic E-state index is -0.397. The van der Waals surface area contributed by atoms with Crippen LogP contribution in [0.1, 0.15) is 39.3 Å². The second kappa shape index (κ2) is 7.35. The zero-order valence-electron chi connectivity index (χ0n) is 15.4. The molecule has 2 aromatic heterocycles. The summed E-state index contributed by atoms with van der Waals surface area (Å²) in [6, 6.07) is 5.22. The van der Waals surface area contributed by atoms with Crippen molar-refractivity contribution in [2.24, 2.45) is 11.3 Å². The Morgan fingerprint density at radius 3 is 2.62 bits per heavy atom. The molecule has 26 heavy (non-hydrogen) atoms. The number of ether oxygens (including phenoxy) is 1. The van der Waals surface area contributed by atoms with Gasteiger partial charge in [-0.2, -0.15) is 0 Å². The van der Waals surface area contributed by atoms with E-state index < -0.39 is 5.41 Å². The third-order valence-corrected chi connectivity index (χ3v) is 4.44. The number of hydrogen-bond acceptors (Lipinski definition) is 6. The van der Waals surface area contributed by atoms with Crippen molar-refractivity contribution in [1.29, 1.82) is 0 Å². The molecule has 1 fully saturated rings. The number of furan rings is 1. The summed E-state index contributed by atoms with van der Waals surface area (Å²) < 4.78 is 15.8. The number of aromatic nitrogens is 1. The molecule has 1 amide bonds. The van der Waals surface area contributed by atoms with Crippen LogP contribution in [0.25, 0.3) is 11.5 Å². The number of nitrogens with zero attached hydrogens (tertiary/aromatic N) is 2. The van der Waals surface area contributed by atoms with Crippen molar-refractivity contribution in [3.05, 3.63) is 30.2 Å². The lowest BCUT2D eigenvalue weighted by Crippen LogP contribution is -2.45. The van der Waals surface area contributed by atoms with E-state index in [9.17, 15) is 9.59 Å². The number of carbonyl (C=O) groups is 2. The zero-order chi connectivity index (χ0) is 18.7. The molecule has 0 spiro atoms. The predicted octanol–water partition coefficient (Wildman–Crippen LogP) is 3.26. The number of hydrogen-bond donors (Lipinski definition) is 0. The fourth-order valence-electron chi connectivity index (χ4n) is 2.97. The van der Waals surface area contributed by atoms with Gasteiger partial charge in [-0.05, 0) is 25.0 Å². The minimum absolute atomic E-state index is 0.0597. The second-order valence-electron chi connectivity index (χ2n) is 7.58. The maximum Gasteiger partial charge on any atom is 0.309 e. The number of carbonyl (C=O) groups excluding carboxylic acids is 2. The van der Waals surface area contributed by atoms with Crippen molar-refractivity contribution in [3.8, 4) is 11.5 Å². The van der Waals surface area contributed by atoms with Gasteiger partial charge in [0, 0.05) is 24.6 Å². The first-order valence-electron chi connectivity index (χ1n) is 8.80. The van der Waals surface area contributed by atoms with Crippen LogP contribution in [0.3, 0.4) is 0 Å². The van der Waals surface area contributed by atoms with Crippen molar-refractivity contribution in [2.45, 2.75) is 40.2 Å². The van der Waals surface area contributed by atoms with Gasteiger partial charge in [-0.25, -0.2) is 0 Å². The van der Waals surface area contributed by atoms with E-state index in [1.807, 2.05) is 25.7 Å². The summed E-state index contributed by atoms with van der Waals surface area (Å²) in [7, 11) is 0. The van der Waals surface area contributed by atoms with Crippen LogP contribution in [-0.2, 0) is 20.9 Å². The summed E-state index contributed by atoms with van der Waals surface area (Å²) in [5.41, 5.74) is 0.136. The quantitative estimate of drug-likeness (QED) is 0.778. The van der Waals surface area contributed by atoms with E-state index in [4.69, 9.17) is 13.7 Å². The summed E-state index contributed by atoms with van der Waals surface area (Å²) in [5, 5.41) is 3.89. The maximum atomic E-state index is 12.3. The molecule has 0 aromatic carbocycles. The highest BCUT2D eigenvalue weighted by Gasteiger charge is 2.33. The monoisotopic (exact) mass is 360 g/mol. The molecule has 7 nitrogen and oxygen atoms in total. The number of esters is 1. The maximum absolute atomic E-state index is 12.3. The minimum Gasteiger partial charge on any atom is -0.461 e. The molecule has 3 heterocycles. The van der Waals surface area contributed by atoms with Crippen LogP contribution in [-0.4, -0.2) is 35.0 Å². The Morgan fingerprint density at radius 2 is 2.00 bits per heavy atom. The summed E-state index contributed by atoms with van der Waals surface area (Å²) in [6.07, 6.45) is 2.79. The molecule has 0 unspecified atom stereocenters. The lowest BCUT2D eigenvalue weighted by Gasteiger charge is -2.34. The van der Waals surface area contributed by atoms with Gasteiger partial charge in [0.1, 0.15) is 12.3 Å². The number of amides is 1. The Morgan fingerprint density at radius 1 is 1.27 bits per heavy atom. The van der Waals surface area contributed by atoms with Crippen molar-refractivity contribution >= 4 is 11.9 Å². The summed E-state index contributed by atoms with van der Waals surface area (Å²) in [6.45, 7) is 6.95. The van der Waals surface area contributed by atoms with E-state index in [-0.39, 0.29) is 24.4 Å². The van der Waals surface area contributed by atoms with Gasteiger partial charge >= 0.3 is 5.97 Å². The van der Waals surface area contributed by atoms with E-state index in [0.717, 1.165) is 0 Å². The molecule has 2 aromatic rings. The normalized spacial score (nSPS) is 15.9. The van der Waals surface area contributed by atoms with Gasteiger partial charge in [-0.15, -0.1) is 0 Å². The molecule has 140 valence electrons. The van der Waals surface area contributed by atoms with Gasteiger partial charge < -0.3 is 18.6 Å². The molecule has 0 saturated carbocycles. The van der Waals surface area contributed by atoms with Gasteiger partial charge in [0.25, 0.3) is 0 Å². The van der Waals surface area contributed by atoms with Gasteiger partial charge in [0.15, 0.2) is 5.76 Å². The summed E-state index contributed by atoms with van der Waals surface area (Å²) in [5.74, 6) is 0.754. The Balaban J connectivity index is 1.47. The lowest BCUT2D eigenvalue weighted by atomic mass is 9.91. The highest BCUT2D eigenvalue weighted by Crippen LogP contribution is 2.25. The largest absolute Gasteiger partial charge is 0.461 e. The molecule has 7 heteroatoms. The molecule has 1 saturated heterocycles. The van der Waals surface area contributed by atoms with Crippen molar-refractivity contribution in [1.82, 2.24) is 10.1 Å². The van der Waals surface area contributed by atoms with Crippen LogP contribution in [0.2, 0.25) is 0 Å². The fourth-order valence-corrected chi connectivity index (χ4v) is 2.97. The second-order valence-corrected chi connectivity index (χ2v) is 7.58. The lowest BCUT2D eigenvalue weighted by molar-refractivity contribution is -0.154. The molecular weight excluding hydrogens is 336 g/mol. The van der Waals surface area contributed by atoms with E-state index in [0.29, 0.717) is 43.1 Å². The molecule has 1 aliphatic heterocycles. The average Bonchev–Trinajstić information content (AvgIpc) is 3.29. The van der Waals surface area contributed by atoms with Crippen molar-refractivity contribution in [2.75, 3.05) is 13.1 Å². The fraction of sp³-hybridized carbons (Fsp3) is 0.526. The van der Waals surface area contributed by atoms with Gasteiger partial charge in [0.05, 0.1) is 12.2 Å². The standard InChI is InChI=1S/C19H24N2O5/c1-19(2,3)18(23)21-8-6-13(7-9-21)17(22)25-12-14-11-16(26-20-14)15-5-4-10-24-15/h4-5,10-11,13H,6-9,12H2,1-3H3. The van der Waals surface area contributed by atoms with Crippen LogP contribution in [0, 0.1) is 11.3 Å². The smallest absolute Gasteiger partial charge is 0.309 e. The first kappa shape index (κ1) is 18.2. The van der Waals surface area contributed by atoms with Gasteiger partial charge in [-0.1, -0.05) is 25.9 Å². The molecule has 0 atom stereocenters. The summed E-state index contributed by atoms with van der Waals surface area (Å²) in [4.78, 5) is 26.4. The zero-order valence-corrected chi connectivity index (χ0v) is 15.4. The molecule has 3 rings (SSSR count). The molecule has 0 aliphatic carbocycles. The Labute approximate surface area is 152 Å². The number of likely N-dealkylation sites (tertiary alicyclic amines) is 1. The Bertz CT molecular complexity index is 749. The number of rotatable bonds is 4. The topological polar surface area (TPSA) is 85.8 Å². The number of piperidine rings is 1. The molecule has 0 bridgehead atoms. The SMILES string of the molecule is CC(C)(C)C(=O)N1CCC(C(=O)OCc2cc(-c3ccco3)on2)CC1. The van der Waals surface area contributed by atoms with Gasteiger partial charge in [-0.3, -0.25) is 9.59 Å². The van der Waals surface area contributed by atoms with E-state index >= 15 is 0 Å². The van der Waals surface area contributed by atoms with Crippen LogP contribution in [0.15, 0.2) is 33.4 Å². The van der Waals surface area contributed by atoms with Crippen molar-refractivity contribution < 1.29 is 23.3 Å². The predicted molar refractivity (Wildman–Crippen MR) is 92.8 cm³/mol. The third kappa shape index (κ3) is 4.15. The van der Waals surface area contributed by atoms with Gasteiger partial charge in [0.2, 0.25) is 11.7 Å². The molecule has 0 radical (unpaired) electrons. The van der Waals surface area contributed by atoms with E-state index in [1.165, 1.54) is 0 Å². The van der Waals surface area contributed by atoms with Crippen LogP contribution in [0.5, 0.6) is 0 Å². The Hall–Kier alpha value is -2.57. The van der Waals surface area contributed by atoms with Crippen LogP contribution < -0.4 is 0 Å². The van der Waals surface area contributed by atoms with Crippen LogP contribution in [0.4, 0.5) is 0 Å². The van der Waals surface area contributed by atoms with Crippen LogP contribution >= 0.6 is 0 Å². The first-order chi connectivity index (χ1) is 12.3. The van der Waals surface area contributed by atoms with E-state index in [1.54, 1.807) is 24.5 Å². The summed E-state index contributed by atoms with van der Waals surface area (Å²) >= 11 is 0. The Kier molecular flexibility index (Phi) is 5.15. The molecule has 1 aliphatic rings. The highest BCUT2D eigenvalue weighted by atomic mass is 16.5. The van der Waals surface area contributed by atoms with E-state index in [2.05, 4.69) is 5.16 Å². The van der Waals surface area contributed by atoms with Crippen molar-refractivity contribution in [3.63, 3.8) is 0 Å². The molecule has 0 N–H and O–H groups in total. The highest BCUT2D eigenvalue weighted by molar-refractivity contribution is 5.82. The molecular formula is C19H24N2O5.